The van der Waals surface area contributed by atoms with Crippen LogP contribution in [0, 0.1) is 6.92 Å². The Bertz CT molecular complexity index is 604. The van der Waals surface area contributed by atoms with Crippen molar-refractivity contribution in [3.63, 3.8) is 0 Å². The zero-order chi connectivity index (χ0) is 14.1. The fourth-order valence-electron chi connectivity index (χ4n) is 2.39. The molecule has 1 unspecified atom stereocenters. The van der Waals surface area contributed by atoms with Crippen LogP contribution in [-0.2, 0) is 6.42 Å². The molecule has 0 amide bonds. The van der Waals surface area contributed by atoms with Crippen molar-refractivity contribution in [2.75, 3.05) is 0 Å². The molecule has 1 aromatic heterocycles. The highest BCUT2D eigenvalue weighted by Gasteiger charge is 2.29. The van der Waals surface area contributed by atoms with Crippen molar-refractivity contribution in [3.05, 3.63) is 50.4 Å². The Morgan fingerprint density at radius 2 is 2.15 bits per heavy atom. The normalized spacial score (nSPS) is 16.4. The molecule has 2 nitrogen and oxygen atoms in total. The van der Waals surface area contributed by atoms with Crippen molar-refractivity contribution in [1.82, 2.24) is 10.3 Å². The van der Waals surface area contributed by atoms with Gasteiger partial charge in [-0.05, 0) is 37.8 Å². The number of aromatic nitrogens is 1. The lowest BCUT2D eigenvalue weighted by Crippen LogP contribution is -2.24. The van der Waals surface area contributed by atoms with Gasteiger partial charge in [-0.15, -0.1) is 11.3 Å². The molecule has 4 heteroatoms. The Morgan fingerprint density at radius 1 is 1.40 bits per heavy atom. The second-order valence-corrected chi connectivity index (χ2v) is 6.95. The summed E-state index contributed by atoms with van der Waals surface area (Å²) in [6, 6.07) is 8.82. The van der Waals surface area contributed by atoms with Gasteiger partial charge in [-0.1, -0.05) is 36.7 Å². The largest absolute Gasteiger partial charge is 0.301 e. The third-order valence-corrected chi connectivity index (χ3v) is 5.11. The molecule has 0 radical (unpaired) electrons. The van der Waals surface area contributed by atoms with Crippen LogP contribution in [0.5, 0.6) is 0 Å². The van der Waals surface area contributed by atoms with Gasteiger partial charge < -0.3 is 5.32 Å². The Labute approximate surface area is 129 Å². The van der Waals surface area contributed by atoms with Crippen LogP contribution in [0.15, 0.2) is 24.3 Å². The summed E-state index contributed by atoms with van der Waals surface area (Å²) in [7, 11) is 0. The van der Waals surface area contributed by atoms with E-state index in [1.54, 1.807) is 11.3 Å². The van der Waals surface area contributed by atoms with Crippen molar-refractivity contribution in [3.8, 4) is 0 Å². The predicted octanol–water partition coefficient (Wildman–Crippen LogP) is 4.51. The van der Waals surface area contributed by atoms with E-state index < -0.39 is 0 Å². The lowest BCUT2D eigenvalue weighted by molar-refractivity contribution is 0.597. The summed E-state index contributed by atoms with van der Waals surface area (Å²) in [6.45, 7) is 4.31. The molecule has 106 valence electrons. The summed E-state index contributed by atoms with van der Waals surface area (Å²) >= 11 is 8.18. The fourth-order valence-corrected chi connectivity index (χ4v) is 3.73. The van der Waals surface area contributed by atoms with E-state index in [-0.39, 0.29) is 6.04 Å². The van der Waals surface area contributed by atoms with Crippen LogP contribution in [0.4, 0.5) is 0 Å². The van der Waals surface area contributed by atoms with Gasteiger partial charge in [0, 0.05) is 15.9 Å². The van der Waals surface area contributed by atoms with Crippen LogP contribution < -0.4 is 5.32 Å². The van der Waals surface area contributed by atoms with Gasteiger partial charge in [0.2, 0.25) is 0 Å². The summed E-state index contributed by atoms with van der Waals surface area (Å²) < 4.78 is 0. The van der Waals surface area contributed by atoms with Gasteiger partial charge in [0.25, 0.3) is 0 Å². The molecular weight excluding hydrogens is 288 g/mol. The second-order valence-electron chi connectivity index (χ2n) is 5.30. The van der Waals surface area contributed by atoms with Crippen LogP contribution >= 0.6 is 22.9 Å². The summed E-state index contributed by atoms with van der Waals surface area (Å²) in [4.78, 5) is 6.14. The van der Waals surface area contributed by atoms with Gasteiger partial charge in [-0.3, -0.25) is 0 Å². The molecule has 1 aliphatic carbocycles. The first kappa shape index (κ1) is 14.1. The number of rotatable bonds is 5. The quantitative estimate of drug-likeness (QED) is 0.879. The van der Waals surface area contributed by atoms with Crippen molar-refractivity contribution in [1.29, 1.82) is 0 Å². The number of nitrogens with zero attached hydrogens (tertiary/aromatic N) is 1. The second kappa shape index (κ2) is 5.84. The number of benzene rings is 1. The van der Waals surface area contributed by atoms with Gasteiger partial charge in [0.1, 0.15) is 5.01 Å². The lowest BCUT2D eigenvalue weighted by Gasteiger charge is -2.18. The minimum Gasteiger partial charge on any atom is -0.301 e. The van der Waals surface area contributed by atoms with E-state index in [1.165, 1.54) is 23.4 Å². The summed E-state index contributed by atoms with van der Waals surface area (Å²) in [5.74, 6) is 0. The van der Waals surface area contributed by atoms with Crippen molar-refractivity contribution in [2.45, 2.75) is 45.2 Å². The maximum absolute atomic E-state index is 6.39. The maximum atomic E-state index is 6.39. The van der Waals surface area contributed by atoms with Crippen LogP contribution in [0.1, 0.15) is 46.9 Å². The molecule has 1 N–H and O–H groups in total. The average Bonchev–Trinajstić information content (AvgIpc) is 3.19. The molecule has 1 aliphatic rings. The fraction of sp³-hybridized carbons (Fsp3) is 0.438. The smallest absolute Gasteiger partial charge is 0.115 e. The molecular formula is C16H19ClN2S. The topological polar surface area (TPSA) is 24.9 Å². The minimum atomic E-state index is 0.125. The molecule has 2 aromatic rings. The van der Waals surface area contributed by atoms with E-state index in [9.17, 15) is 0 Å². The molecule has 1 heterocycles. The van der Waals surface area contributed by atoms with E-state index >= 15 is 0 Å². The number of thiazole rings is 1. The third-order valence-electron chi connectivity index (χ3n) is 3.69. The molecule has 3 rings (SSSR count). The number of hydrogen-bond acceptors (Lipinski definition) is 3. The Morgan fingerprint density at radius 3 is 2.75 bits per heavy atom. The highest BCUT2D eigenvalue weighted by atomic mass is 35.5. The molecule has 1 aromatic carbocycles. The van der Waals surface area contributed by atoms with E-state index in [4.69, 9.17) is 16.6 Å². The van der Waals surface area contributed by atoms with Crippen LogP contribution in [0.2, 0.25) is 5.02 Å². The minimum absolute atomic E-state index is 0.125. The van der Waals surface area contributed by atoms with E-state index in [0.717, 1.165) is 22.0 Å². The first-order valence-corrected chi connectivity index (χ1v) is 8.35. The Balaban J connectivity index is 1.98. The molecule has 1 saturated carbocycles. The molecule has 1 fully saturated rings. The first-order valence-electron chi connectivity index (χ1n) is 7.15. The molecule has 20 heavy (non-hydrogen) atoms. The summed E-state index contributed by atoms with van der Waals surface area (Å²) in [6.07, 6.45) is 3.50. The summed E-state index contributed by atoms with van der Waals surface area (Å²) in [5, 5.41) is 5.65. The zero-order valence-electron chi connectivity index (χ0n) is 11.8. The molecule has 0 aliphatic heterocycles. The molecule has 0 saturated heterocycles. The SMILES string of the molecule is CCc1nc(C(NC2CC2)c2ccccc2Cl)sc1C. The van der Waals surface area contributed by atoms with E-state index in [2.05, 4.69) is 25.2 Å². The van der Waals surface area contributed by atoms with Gasteiger partial charge in [0.15, 0.2) is 0 Å². The Hall–Kier alpha value is -0.900. The Kier molecular flexibility index (Phi) is 4.11. The highest BCUT2D eigenvalue weighted by Crippen LogP contribution is 2.35. The standard InChI is InChI=1S/C16H19ClN2S/c1-3-14-10(2)20-16(19-14)15(18-11-8-9-11)12-6-4-5-7-13(12)17/h4-7,11,15,18H,3,8-9H2,1-2H3. The van der Waals surface area contributed by atoms with Gasteiger partial charge >= 0.3 is 0 Å². The number of aryl methyl sites for hydroxylation is 2. The van der Waals surface area contributed by atoms with Crippen LogP contribution in [-0.4, -0.2) is 11.0 Å². The van der Waals surface area contributed by atoms with E-state index in [0.29, 0.717) is 6.04 Å². The predicted molar refractivity (Wildman–Crippen MR) is 85.7 cm³/mol. The van der Waals surface area contributed by atoms with Gasteiger partial charge in [-0.2, -0.15) is 0 Å². The van der Waals surface area contributed by atoms with Crippen molar-refractivity contribution >= 4 is 22.9 Å². The molecule has 0 bridgehead atoms. The van der Waals surface area contributed by atoms with Crippen LogP contribution in [0.25, 0.3) is 0 Å². The molecule has 1 atom stereocenters. The summed E-state index contributed by atoms with van der Waals surface area (Å²) in [5.41, 5.74) is 2.34. The lowest BCUT2D eigenvalue weighted by atomic mass is 10.1. The third kappa shape index (κ3) is 2.90. The number of nitrogens with one attached hydrogen (secondary N) is 1. The zero-order valence-corrected chi connectivity index (χ0v) is 13.4. The van der Waals surface area contributed by atoms with Gasteiger partial charge in [-0.25, -0.2) is 4.98 Å². The van der Waals surface area contributed by atoms with Crippen LogP contribution in [0.3, 0.4) is 0 Å². The van der Waals surface area contributed by atoms with Crippen molar-refractivity contribution < 1.29 is 0 Å². The first-order chi connectivity index (χ1) is 9.69. The maximum Gasteiger partial charge on any atom is 0.115 e. The van der Waals surface area contributed by atoms with E-state index in [1.807, 2.05) is 18.2 Å². The highest BCUT2D eigenvalue weighted by molar-refractivity contribution is 7.11. The monoisotopic (exact) mass is 306 g/mol. The van der Waals surface area contributed by atoms with Crippen molar-refractivity contribution in [2.24, 2.45) is 0 Å². The number of halogens is 1. The average molecular weight is 307 g/mol. The molecule has 0 spiro atoms. The number of hydrogen-bond donors (Lipinski definition) is 1. The van der Waals surface area contributed by atoms with Gasteiger partial charge in [0.05, 0.1) is 11.7 Å².